The third-order valence-corrected chi connectivity index (χ3v) is 8.27. The number of carbonyl (C=O) groups excluding carboxylic acids is 2. The van der Waals surface area contributed by atoms with Crippen LogP contribution in [0, 0.1) is 20.8 Å². The number of aromatic nitrogens is 1. The number of ketones is 1. The number of carbonyl (C=O) groups is 2. The lowest BCUT2D eigenvalue weighted by molar-refractivity contribution is 0.101. The molecule has 2 heterocycles. The van der Waals surface area contributed by atoms with Gasteiger partial charge in [-0.1, -0.05) is 17.7 Å². The summed E-state index contributed by atoms with van der Waals surface area (Å²) in [6.07, 6.45) is 6.09. The molecule has 1 N–H and O–H groups in total. The summed E-state index contributed by atoms with van der Waals surface area (Å²) in [6, 6.07) is 17.4. The second-order valence-corrected chi connectivity index (χ2v) is 10.8. The lowest BCUT2D eigenvalue weighted by Gasteiger charge is -2.14. The van der Waals surface area contributed by atoms with Crippen molar-refractivity contribution in [1.82, 2.24) is 4.57 Å². The summed E-state index contributed by atoms with van der Waals surface area (Å²) < 4.78 is 2.20. The molecule has 5 nitrogen and oxygen atoms in total. The Labute approximate surface area is 221 Å². The van der Waals surface area contributed by atoms with Crippen LogP contribution in [0.25, 0.3) is 5.00 Å². The van der Waals surface area contributed by atoms with Crippen molar-refractivity contribution in [2.75, 3.05) is 5.32 Å². The van der Waals surface area contributed by atoms with Gasteiger partial charge in [-0.2, -0.15) is 0 Å². The van der Waals surface area contributed by atoms with Crippen molar-refractivity contribution in [1.29, 1.82) is 0 Å². The number of aryl methyl sites for hydroxylation is 3. The molecule has 1 amide bonds. The fraction of sp³-hybridized carbons (Fsp3) is 0.258. The van der Waals surface area contributed by atoms with Crippen LogP contribution in [-0.4, -0.2) is 22.5 Å². The lowest BCUT2D eigenvalue weighted by atomic mass is 9.95. The molecule has 0 spiro atoms. The Hall–Kier alpha value is -3.77. The van der Waals surface area contributed by atoms with E-state index in [-0.39, 0.29) is 11.7 Å². The summed E-state index contributed by atoms with van der Waals surface area (Å²) in [4.78, 5) is 31.2. The Morgan fingerprint density at radius 2 is 1.68 bits per heavy atom. The van der Waals surface area contributed by atoms with Gasteiger partial charge < -0.3 is 9.88 Å². The molecular weight excluding hydrogens is 478 g/mol. The summed E-state index contributed by atoms with van der Waals surface area (Å²) in [5, 5.41) is 4.12. The number of nitrogens with zero attached hydrogens (tertiary/aromatic N) is 2. The van der Waals surface area contributed by atoms with E-state index in [2.05, 4.69) is 34.8 Å². The molecule has 37 heavy (non-hydrogen) atoms. The van der Waals surface area contributed by atoms with Crippen LogP contribution in [0.2, 0.25) is 0 Å². The largest absolute Gasteiger partial charge is 0.322 e. The van der Waals surface area contributed by atoms with Crippen LogP contribution in [0.5, 0.6) is 0 Å². The Kier molecular flexibility index (Phi) is 6.94. The predicted molar refractivity (Wildman–Crippen MR) is 153 cm³/mol. The van der Waals surface area contributed by atoms with Crippen molar-refractivity contribution >= 4 is 40.6 Å². The van der Waals surface area contributed by atoms with Crippen molar-refractivity contribution in [3.8, 4) is 5.00 Å². The Morgan fingerprint density at radius 3 is 2.38 bits per heavy atom. The fourth-order valence-electron chi connectivity index (χ4n) is 4.93. The zero-order valence-corrected chi connectivity index (χ0v) is 22.5. The minimum absolute atomic E-state index is 0.0416. The molecule has 0 aliphatic heterocycles. The topological polar surface area (TPSA) is 63.5 Å². The molecular formula is C31H31N3O2S. The molecule has 2 aromatic carbocycles. The van der Waals surface area contributed by atoms with E-state index < -0.39 is 0 Å². The number of amides is 1. The van der Waals surface area contributed by atoms with Gasteiger partial charge in [-0.3, -0.25) is 14.6 Å². The first kappa shape index (κ1) is 24.9. The first-order valence-corrected chi connectivity index (χ1v) is 13.5. The summed E-state index contributed by atoms with van der Waals surface area (Å²) in [6.45, 7) is 7.75. The van der Waals surface area contributed by atoms with Gasteiger partial charge in [0.15, 0.2) is 5.78 Å². The minimum atomic E-state index is -0.0495. The van der Waals surface area contributed by atoms with Crippen molar-refractivity contribution in [3.63, 3.8) is 0 Å². The maximum absolute atomic E-state index is 13.7. The number of hydrogen-bond acceptors (Lipinski definition) is 4. The number of Topliss-reactive ketones (excluding diaryl/α,β-unsaturated/α-hetero) is 1. The zero-order chi connectivity index (χ0) is 26.1. The second kappa shape index (κ2) is 10.3. The van der Waals surface area contributed by atoms with Gasteiger partial charge in [-0.05, 0) is 101 Å². The van der Waals surface area contributed by atoms with Gasteiger partial charge in [0.2, 0.25) is 0 Å². The Balaban J connectivity index is 1.51. The van der Waals surface area contributed by atoms with E-state index >= 15 is 0 Å². The fourth-order valence-corrected chi connectivity index (χ4v) is 6.43. The highest BCUT2D eigenvalue weighted by Crippen LogP contribution is 2.39. The van der Waals surface area contributed by atoms with Gasteiger partial charge in [0, 0.05) is 39.3 Å². The van der Waals surface area contributed by atoms with Gasteiger partial charge in [0.25, 0.3) is 5.91 Å². The Bertz CT molecular complexity index is 1510. The van der Waals surface area contributed by atoms with Crippen molar-refractivity contribution < 1.29 is 9.59 Å². The Morgan fingerprint density at radius 1 is 0.973 bits per heavy atom. The van der Waals surface area contributed by atoms with E-state index in [1.165, 1.54) is 10.4 Å². The summed E-state index contributed by atoms with van der Waals surface area (Å²) in [5.41, 5.74) is 8.54. The van der Waals surface area contributed by atoms with Crippen molar-refractivity contribution in [2.45, 2.75) is 53.4 Å². The van der Waals surface area contributed by atoms with Gasteiger partial charge >= 0.3 is 0 Å². The molecule has 2 aromatic heterocycles. The summed E-state index contributed by atoms with van der Waals surface area (Å²) in [5.74, 6) is -0.00790. The number of fused-ring (bicyclic) bond motifs is 1. The second-order valence-electron chi connectivity index (χ2n) is 9.73. The number of rotatable bonds is 6. The van der Waals surface area contributed by atoms with Crippen LogP contribution < -0.4 is 5.32 Å². The average molecular weight is 510 g/mol. The first-order chi connectivity index (χ1) is 17.8. The SMILES string of the molecule is CC(=O)c1ccc(N=Cc2cc(C)n(-c3sc4c(c3C(=O)Nc3ccc(C)cc3)CCCC4)c2C)cc1. The first-order valence-electron chi connectivity index (χ1n) is 12.7. The highest BCUT2D eigenvalue weighted by atomic mass is 32.1. The molecule has 0 atom stereocenters. The number of benzene rings is 2. The van der Waals surface area contributed by atoms with Crippen LogP contribution in [-0.2, 0) is 12.8 Å². The van der Waals surface area contributed by atoms with E-state index in [4.69, 9.17) is 0 Å². The monoisotopic (exact) mass is 509 g/mol. The van der Waals surface area contributed by atoms with Crippen LogP contribution in [0.1, 0.15) is 73.4 Å². The van der Waals surface area contributed by atoms with Gasteiger partial charge in [0.05, 0.1) is 11.3 Å². The highest BCUT2D eigenvalue weighted by molar-refractivity contribution is 7.15. The van der Waals surface area contributed by atoms with Crippen molar-refractivity contribution in [2.24, 2.45) is 4.99 Å². The minimum Gasteiger partial charge on any atom is -0.322 e. The van der Waals surface area contributed by atoms with Gasteiger partial charge in [-0.25, -0.2) is 0 Å². The standard InChI is InChI=1S/C31H31N3O2S/c1-19-9-13-26(14-10-19)33-30(36)29-27-7-5-6-8-28(27)37-31(29)34-20(2)17-24(21(34)3)18-32-25-15-11-23(12-16-25)22(4)35/h9-18H,5-8H2,1-4H3,(H,33,36). The number of thiophene rings is 1. The maximum Gasteiger partial charge on any atom is 0.258 e. The van der Waals surface area contributed by atoms with Crippen LogP contribution in [0.15, 0.2) is 59.6 Å². The molecule has 0 saturated heterocycles. The predicted octanol–water partition coefficient (Wildman–Crippen LogP) is 7.55. The van der Waals surface area contributed by atoms with E-state index in [0.717, 1.165) is 70.1 Å². The third-order valence-electron chi connectivity index (χ3n) is 6.99. The highest BCUT2D eigenvalue weighted by Gasteiger charge is 2.28. The average Bonchev–Trinajstić information content (AvgIpc) is 3.40. The molecule has 0 unspecified atom stereocenters. The van der Waals surface area contributed by atoms with Crippen molar-refractivity contribution in [3.05, 3.63) is 98.7 Å². The number of aliphatic imine (C=N–C) groups is 1. The molecule has 1 aliphatic rings. The molecule has 0 radical (unpaired) electrons. The van der Waals surface area contributed by atoms with E-state index in [9.17, 15) is 9.59 Å². The lowest BCUT2D eigenvalue weighted by Crippen LogP contribution is -2.17. The number of nitrogens with one attached hydrogen (secondary N) is 1. The molecule has 6 heteroatoms. The molecule has 0 fully saturated rings. The molecule has 0 saturated carbocycles. The number of anilines is 1. The van der Waals surface area contributed by atoms with Crippen LogP contribution >= 0.6 is 11.3 Å². The summed E-state index contributed by atoms with van der Waals surface area (Å²) in [7, 11) is 0. The van der Waals surface area contributed by atoms with E-state index in [1.54, 1.807) is 30.4 Å². The maximum atomic E-state index is 13.7. The van der Waals surface area contributed by atoms with Crippen LogP contribution in [0.3, 0.4) is 0 Å². The third kappa shape index (κ3) is 5.07. The normalized spacial score (nSPS) is 13.1. The quantitative estimate of drug-likeness (QED) is 0.215. The van der Waals surface area contributed by atoms with E-state index in [1.807, 2.05) is 49.5 Å². The van der Waals surface area contributed by atoms with Gasteiger partial charge in [0.1, 0.15) is 5.00 Å². The molecule has 0 bridgehead atoms. The van der Waals surface area contributed by atoms with Crippen LogP contribution in [0.4, 0.5) is 11.4 Å². The zero-order valence-electron chi connectivity index (χ0n) is 21.7. The number of hydrogen-bond donors (Lipinski definition) is 1. The summed E-state index contributed by atoms with van der Waals surface area (Å²) >= 11 is 1.74. The molecule has 188 valence electrons. The van der Waals surface area contributed by atoms with Gasteiger partial charge in [-0.15, -0.1) is 11.3 Å². The molecule has 4 aromatic rings. The molecule has 5 rings (SSSR count). The smallest absolute Gasteiger partial charge is 0.258 e. The van der Waals surface area contributed by atoms with E-state index in [0.29, 0.717) is 5.56 Å². The molecule has 1 aliphatic carbocycles.